The molecule has 0 aromatic heterocycles. The van der Waals surface area contributed by atoms with E-state index in [1.807, 2.05) is 13.8 Å². The predicted octanol–water partition coefficient (Wildman–Crippen LogP) is 1.91. The maximum absolute atomic E-state index is 12.9. The molecule has 0 bridgehead atoms. The van der Waals surface area contributed by atoms with Crippen LogP contribution in [0.1, 0.15) is 13.8 Å². The smallest absolute Gasteiger partial charge is 0.310 e. The minimum Gasteiger partial charge on any atom is -0.489 e. The molecule has 1 fully saturated rings. The highest BCUT2D eigenvalue weighted by Crippen LogP contribution is 2.24. The molecule has 0 amide bonds. The van der Waals surface area contributed by atoms with Crippen LogP contribution in [0.25, 0.3) is 0 Å². The Bertz CT molecular complexity index is 606. The van der Waals surface area contributed by atoms with Gasteiger partial charge in [0.2, 0.25) is 0 Å². The van der Waals surface area contributed by atoms with Gasteiger partial charge in [-0.3, -0.25) is 9.79 Å². The van der Waals surface area contributed by atoms with Crippen molar-refractivity contribution >= 4 is 11.9 Å². The summed E-state index contributed by atoms with van der Waals surface area (Å²) in [6, 6.07) is 5.94. The number of carbonyl (C=O) groups excluding carboxylic acids is 1. The maximum Gasteiger partial charge on any atom is 0.310 e. The minimum atomic E-state index is -0.290. The maximum atomic E-state index is 12.9. The molecular formula is C18H26FN3O3. The largest absolute Gasteiger partial charge is 0.489 e. The van der Waals surface area contributed by atoms with E-state index < -0.39 is 0 Å². The van der Waals surface area contributed by atoms with Gasteiger partial charge in [-0.2, -0.15) is 0 Å². The number of nitrogens with zero attached hydrogens (tertiary/aromatic N) is 2. The molecule has 3 atom stereocenters. The van der Waals surface area contributed by atoms with Crippen molar-refractivity contribution in [3.05, 3.63) is 30.1 Å². The number of halogens is 1. The monoisotopic (exact) mass is 351 g/mol. The van der Waals surface area contributed by atoms with Crippen molar-refractivity contribution in [2.24, 2.45) is 16.8 Å². The summed E-state index contributed by atoms with van der Waals surface area (Å²) in [7, 11) is 3.13. The van der Waals surface area contributed by atoms with Crippen LogP contribution in [0.2, 0.25) is 0 Å². The topological polar surface area (TPSA) is 63.2 Å². The summed E-state index contributed by atoms with van der Waals surface area (Å²) in [5.41, 5.74) is 0. The molecule has 1 aliphatic rings. The van der Waals surface area contributed by atoms with E-state index in [4.69, 9.17) is 9.47 Å². The fraction of sp³-hybridized carbons (Fsp3) is 0.556. The summed E-state index contributed by atoms with van der Waals surface area (Å²) in [6.07, 6.45) is -0.126. The minimum absolute atomic E-state index is 0.126. The van der Waals surface area contributed by atoms with Gasteiger partial charge >= 0.3 is 5.97 Å². The van der Waals surface area contributed by atoms with Crippen LogP contribution in [0.4, 0.5) is 4.39 Å². The molecule has 2 rings (SSSR count). The summed E-state index contributed by atoms with van der Waals surface area (Å²) >= 11 is 0. The highest BCUT2D eigenvalue weighted by atomic mass is 19.1. The number of carbonyl (C=O) groups is 1. The van der Waals surface area contributed by atoms with Crippen molar-refractivity contribution in [1.29, 1.82) is 0 Å². The molecule has 0 radical (unpaired) electrons. The zero-order chi connectivity index (χ0) is 18.4. The lowest BCUT2D eigenvalue weighted by Crippen LogP contribution is -2.44. The number of esters is 1. The van der Waals surface area contributed by atoms with Crippen molar-refractivity contribution in [2.45, 2.75) is 20.0 Å². The van der Waals surface area contributed by atoms with Crippen LogP contribution < -0.4 is 10.1 Å². The van der Waals surface area contributed by atoms with Crippen LogP contribution in [-0.2, 0) is 9.53 Å². The fourth-order valence-electron chi connectivity index (χ4n) is 2.95. The number of benzene rings is 1. The number of rotatable bonds is 5. The molecule has 3 unspecified atom stereocenters. The first-order valence-corrected chi connectivity index (χ1v) is 8.40. The zero-order valence-corrected chi connectivity index (χ0v) is 15.2. The van der Waals surface area contributed by atoms with Gasteiger partial charge in [-0.15, -0.1) is 0 Å². The fourth-order valence-corrected chi connectivity index (χ4v) is 2.95. The number of guanidine groups is 1. The highest BCUT2D eigenvalue weighted by Gasteiger charge is 2.36. The van der Waals surface area contributed by atoms with Gasteiger partial charge in [0.15, 0.2) is 5.96 Å². The molecule has 1 saturated heterocycles. The van der Waals surface area contributed by atoms with E-state index in [-0.39, 0.29) is 29.7 Å². The third-order valence-corrected chi connectivity index (χ3v) is 4.33. The Hall–Kier alpha value is -2.31. The normalized spacial score (nSPS) is 21.8. The predicted molar refractivity (Wildman–Crippen MR) is 94.1 cm³/mol. The Morgan fingerprint density at radius 1 is 1.40 bits per heavy atom. The molecule has 6 nitrogen and oxygen atoms in total. The first-order chi connectivity index (χ1) is 11.9. The van der Waals surface area contributed by atoms with Gasteiger partial charge in [0.05, 0.1) is 19.6 Å². The third kappa shape index (κ3) is 5.08. The summed E-state index contributed by atoms with van der Waals surface area (Å²) in [6.45, 7) is 5.83. The van der Waals surface area contributed by atoms with E-state index >= 15 is 0 Å². The average molecular weight is 351 g/mol. The second-order valence-electron chi connectivity index (χ2n) is 6.32. The average Bonchev–Trinajstić information content (AvgIpc) is 2.98. The molecule has 138 valence electrons. The summed E-state index contributed by atoms with van der Waals surface area (Å²) in [5.74, 6) is 0.940. The van der Waals surface area contributed by atoms with Crippen LogP contribution in [-0.4, -0.2) is 56.7 Å². The van der Waals surface area contributed by atoms with E-state index in [1.54, 1.807) is 19.2 Å². The number of nitrogens with one attached hydrogen (secondary N) is 1. The van der Waals surface area contributed by atoms with Crippen LogP contribution in [0.3, 0.4) is 0 Å². The van der Waals surface area contributed by atoms with E-state index in [9.17, 15) is 9.18 Å². The summed E-state index contributed by atoms with van der Waals surface area (Å²) < 4.78 is 23.5. The van der Waals surface area contributed by atoms with E-state index in [0.29, 0.717) is 18.8 Å². The molecule has 0 spiro atoms. The molecular weight excluding hydrogens is 325 g/mol. The van der Waals surface area contributed by atoms with Crippen molar-refractivity contribution < 1.29 is 18.7 Å². The molecule has 25 heavy (non-hydrogen) atoms. The molecule has 1 aliphatic heterocycles. The van der Waals surface area contributed by atoms with Gasteiger partial charge in [-0.05, 0) is 37.1 Å². The summed E-state index contributed by atoms with van der Waals surface area (Å²) in [4.78, 5) is 18.2. The van der Waals surface area contributed by atoms with Crippen molar-refractivity contribution in [3.63, 3.8) is 0 Å². The van der Waals surface area contributed by atoms with E-state index in [2.05, 4.69) is 15.2 Å². The molecule has 1 aromatic carbocycles. The molecule has 7 heteroatoms. The second kappa shape index (κ2) is 8.69. The van der Waals surface area contributed by atoms with Gasteiger partial charge in [-0.25, -0.2) is 4.39 Å². The van der Waals surface area contributed by atoms with Crippen molar-refractivity contribution in [1.82, 2.24) is 10.2 Å². The Morgan fingerprint density at radius 2 is 2.08 bits per heavy atom. The highest BCUT2D eigenvalue weighted by molar-refractivity contribution is 5.82. The first kappa shape index (κ1) is 19.0. The van der Waals surface area contributed by atoms with Crippen LogP contribution in [0, 0.1) is 17.7 Å². The quantitative estimate of drug-likeness (QED) is 0.499. The van der Waals surface area contributed by atoms with Crippen LogP contribution >= 0.6 is 0 Å². The lowest BCUT2D eigenvalue weighted by atomic mass is 9.99. The molecule has 0 aliphatic carbocycles. The lowest BCUT2D eigenvalue weighted by molar-refractivity contribution is -0.145. The number of hydrogen-bond donors (Lipinski definition) is 1. The number of aliphatic imine (C=N–C) groups is 1. The SMILES string of the molecule is CN=C(NCC(C)Oc1ccc(F)cc1)N1CC(C)C(C(=O)OC)C1. The lowest BCUT2D eigenvalue weighted by Gasteiger charge is -2.23. The van der Waals surface area contributed by atoms with Crippen LogP contribution in [0.15, 0.2) is 29.3 Å². The Labute approximate surface area is 148 Å². The number of hydrogen-bond acceptors (Lipinski definition) is 4. The Morgan fingerprint density at radius 3 is 2.68 bits per heavy atom. The van der Waals surface area contributed by atoms with Gasteiger partial charge in [0, 0.05) is 20.1 Å². The van der Waals surface area contributed by atoms with Gasteiger partial charge in [-0.1, -0.05) is 6.92 Å². The van der Waals surface area contributed by atoms with E-state index in [0.717, 1.165) is 12.5 Å². The Kier molecular flexibility index (Phi) is 6.61. The van der Waals surface area contributed by atoms with E-state index in [1.165, 1.54) is 19.2 Å². The number of ether oxygens (including phenoxy) is 2. The third-order valence-electron chi connectivity index (χ3n) is 4.33. The van der Waals surface area contributed by atoms with Gasteiger partial charge in [0.25, 0.3) is 0 Å². The molecule has 1 aromatic rings. The molecule has 0 saturated carbocycles. The van der Waals surface area contributed by atoms with Crippen molar-refractivity contribution in [2.75, 3.05) is 33.8 Å². The number of methoxy groups -OCH3 is 1. The standard InChI is InChI=1S/C18H26FN3O3/c1-12-10-22(11-16(12)17(23)24-4)18(20-3)21-9-13(2)25-15-7-5-14(19)6-8-15/h5-8,12-13,16H,9-11H2,1-4H3,(H,20,21). The van der Waals surface area contributed by atoms with Gasteiger partial charge < -0.3 is 19.7 Å². The molecule has 1 heterocycles. The zero-order valence-electron chi connectivity index (χ0n) is 15.2. The number of likely N-dealkylation sites (tertiary alicyclic amines) is 1. The first-order valence-electron chi connectivity index (χ1n) is 8.40. The Balaban J connectivity index is 1.86. The van der Waals surface area contributed by atoms with Gasteiger partial charge in [0.1, 0.15) is 17.7 Å². The second-order valence-corrected chi connectivity index (χ2v) is 6.32. The van der Waals surface area contributed by atoms with Crippen molar-refractivity contribution in [3.8, 4) is 5.75 Å². The molecule has 1 N–H and O–H groups in total. The van der Waals surface area contributed by atoms with Crippen LogP contribution in [0.5, 0.6) is 5.75 Å². The summed E-state index contributed by atoms with van der Waals surface area (Å²) in [5, 5.41) is 3.27.